The highest BCUT2D eigenvalue weighted by Crippen LogP contribution is 2.41. The van der Waals surface area contributed by atoms with Crippen molar-refractivity contribution in [3.05, 3.63) is 59.5 Å². The van der Waals surface area contributed by atoms with Crippen molar-refractivity contribution in [3.63, 3.8) is 0 Å². The molecule has 0 bridgehead atoms. The molecule has 0 aliphatic carbocycles. The molecule has 160 valence electrons. The van der Waals surface area contributed by atoms with Gasteiger partial charge in [-0.15, -0.1) is 0 Å². The Morgan fingerprint density at radius 3 is 2.90 bits per heavy atom. The van der Waals surface area contributed by atoms with E-state index in [0.717, 1.165) is 11.3 Å². The molecule has 0 spiro atoms. The van der Waals surface area contributed by atoms with E-state index in [1.165, 1.54) is 12.1 Å². The van der Waals surface area contributed by atoms with Crippen LogP contribution in [0.2, 0.25) is 0 Å². The molecular formula is C22H21FN4O4. The van der Waals surface area contributed by atoms with Crippen molar-refractivity contribution in [2.75, 3.05) is 23.4 Å². The SMILES string of the molecule is Cc1noc(C[C@@H]2COc3cc(F)ccc3N2C(C)c2ccc3c(c2)NC(=O)CO3)n1. The first-order chi connectivity index (χ1) is 15.0. The van der Waals surface area contributed by atoms with Gasteiger partial charge >= 0.3 is 0 Å². The van der Waals surface area contributed by atoms with E-state index in [4.69, 9.17) is 14.0 Å². The molecule has 2 aliphatic rings. The van der Waals surface area contributed by atoms with E-state index in [9.17, 15) is 9.18 Å². The second-order valence-corrected chi connectivity index (χ2v) is 7.69. The van der Waals surface area contributed by atoms with Crippen LogP contribution in [-0.2, 0) is 11.2 Å². The molecule has 3 heterocycles. The Bertz CT molecular complexity index is 1150. The Balaban J connectivity index is 1.52. The summed E-state index contributed by atoms with van der Waals surface area (Å²) in [5, 5.41) is 6.72. The van der Waals surface area contributed by atoms with Crippen LogP contribution >= 0.6 is 0 Å². The number of nitrogens with zero attached hydrogens (tertiary/aromatic N) is 3. The van der Waals surface area contributed by atoms with Crippen molar-refractivity contribution in [2.24, 2.45) is 0 Å². The zero-order valence-electron chi connectivity index (χ0n) is 17.1. The third-order valence-corrected chi connectivity index (χ3v) is 5.54. The maximum Gasteiger partial charge on any atom is 0.262 e. The van der Waals surface area contributed by atoms with Crippen LogP contribution in [0.15, 0.2) is 40.9 Å². The van der Waals surface area contributed by atoms with Crippen LogP contribution in [0.1, 0.15) is 30.2 Å². The van der Waals surface area contributed by atoms with Gasteiger partial charge in [0.05, 0.1) is 29.9 Å². The number of halogens is 1. The lowest BCUT2D eigenvalue weighted by molar-refractivity contribution is -0.118. The molecule has 1 aromatic heterocycles. The molecule has 3 aromatic rings. The predicted octanol–water partition coefficient (Wildman–Crippen LogP) is 3.42. The largest absolute Gasteiger partial charge is 0.489 e. The smallest absolute Gasteiger partial charge is 0.262 e. The minimum atomic E-state index is -0.356. The number of amides is 1. The molecule has 0 saturated carbocycles. The molecule has 0 radical (unpaired) electrons. The average Bonchev–Trinajstić information content (AvgIpc) is 3.17. The summed E-state index contributed by atoms with van der Waals surface area (Å²) >= 11 is 0. The number of ether oxygens (including phenoxy) is 2. The topological polar surface area (TPSA) is 89.7 Å². The van der Waals surface area contributed by atoms with Crippen LogP contribution in [0.4, 0.5) is 15.8 Å². The summed E-state index contributed by atoms with van der Waals surface area (Å²) in [5.74, 6) is 1.66. The Labute approximate surface area is 178 Å². The fourth-order valence-corrected chi connectivity index (χ4v) is 4.11. The maximum absolute atomic E-state index is 13.8. The minimum absolute atomic E-state index is 0.00990. The van der Waals surface area contributed by atoms with Crippen LogP contribution in [-0.4, -0.2) is 35.3 Å². The zero-order valence-corrected chi connectivity index (χ0v) is 17.1. The van der Waals surface area contributed by atoms with Gasteiger partial charge in [0.15, 0.2) is 12.4 Å². The highest BCUT2D eigenvalue weighted by Gasteiger charge is 2.34. The summed E-state index contributed by atoms with van der Waals surface area (Å²) in [5.41, 5.74) is 2.38. The van der Waals surface area contributed by atoms with Gasteiger partial charge in [0.1, 0.15) is 23.9 Å². The van der Waals surface area contributed by atoms with Crippen LogP contribution < -0.4 is 19.7 Å². The van der Waals surface area contributed by atoms with Crippen molar-refractivity contribution in [1.82, 2.24) is 10.1 Å². The number of carbonyl (C=O) groups is 1. The number of rotatable bonds is 4. The summed E-state index contributed by atoms with van der Waals surface area (Å²) in [6.45, 7) is 4.17. The van der Waals surface area contributed by atoms with Crippen molar-refractivity contribution in [2.45, 2.75) is 32.4 Å². The van der Waals surface area contributed by atoms with E-state index in [1.807, 2.05) is 18.2 Å². The number of anilines is 2. The summed E-state index contributed by atoms with van der Waals surface area (Å²) < 4.78 is 30.5. The van der Waals surface area contributed by atoms with E-state index in [-0.39, 0.29) is 30.4 Å². The normalized spacial score (nSPS) is 18.4. The standard InChI is InChI=1S/C22H21FN4O4/c1-12(14-3-6-19-17(7-14)25-21(28)11-30-19)27-16(9-22-24-13(2)26-31-22)10-29-20-8-15(23)4-5-18(20)27/h3-8,12,16H,9-11H2,1-2H3,(H,25,28)/t12?,16-/m1/s1. The molecule has 1 unspecified atom stereocenters. The van der Waals surface area contributed by atoms with Gasteiger partial charge in [0.25, 0.3) is 5.91 Å². The first kappa shape index (κ1) is 19.3. The monoisotopic (exact) mass is 424 g/mol. The second kappa shape index (κ2) is 7.57. The predicted molar refractivity (Wildman–Crippen MR) is 110 cm³/mol. The number of carbonyl (C=O) groups excluding carboxylic acids is 1. The molecular weight excluding hydrogens is 403 g/mol. The van der Waals surface area contributed by atoms with Gasteiger partial charge in [0.2, 0.25) is 5.89 Å². The number of aryl methyl sites for hydroxylation is 1. The number of aromatic nitrogens is 2. The van der Waals surface area contributed by atoms with Crippen LogP contribution in [0, 0.1) is 12.7 Å². The van der Waals surface area contributed by atoms with Gasteiger partial charge in [-0.2, -0.15) is 4.98 Å². The van der Waals surface area contributed by atoms with Crippen LogP contribution in [0.3, 0.4) is 0 Å². The lowest BCUT2D eigenvalue weighted by Gasteiger charge is -2.42. The fraction of sp³-hybridized carbons (Fsp3) is 0.318. The van der Waals surface area contributed by atoms with Crippen molar-refractivity contribution in [1.29, 1.82) is 0 Å². The Morgan fingerprint density at radius 2 is 2.10 bits per heavy atom. The number of fused-ring (bicyclic) bond motifs is 2. The molecule has 0 saturated heterocycles. The number of nitrogens with one attached hydrogen (secondary N) is 1. The van der Waals surface area contributed by atoms with Gasteiger partial charge in [-0.05, 0) is 43.7 Å². The van der Waals surface area contributed by atoms with Crippen molar-refractivity contribution >= 4 is 17.3 Å². The first-order valence-electron chi connectivity index (χ1n) is 10.0. The summed E-state index contributed by atoms with van der Waals surface area (Å²) in [6.07, 6.45) is 0.479. The van der Waals surface area contributed by atoms with E-state index in [0.29, 0.717) is 41.9 Å². The highest BCUT2D eigenvalue weighted by molar-refractivity contribution is 5.95. The molecule has 5 rings (SSSR count). The van der Waals surface area contributed by atoms with Gasteiger partial charge in [-0.25, -0.2) is 4.39 Å². The van der Waals surface area contributed by atoms with E-state index < -0.39 is 0 Å². The number of hydrogen-bond donors (Lipinski definition) is 1. The average molecular weight is 424 g/mol. The maximum atomic E-state index is 13.8. The zero-order chi connectivity index (χ0) is 21.5. The molecule has 2 aliphatic heterocycles. The Hall–Kier alpha value is -3.62. The molecule has 2 aromatic carbocycles. The van der Waals surface area contributed by atoms with Gasteiger partial charge in [-0.3, -0.25) is 4.79 Å². The summed E-state index contributed by atoms with van der Waals surface area (Å²) in [4.78, 5) is 18.2. The van der Waals surface area contributed by atoms with Crippen LogP contribution in [0.5, 0.6) is 11.5 Å². The van der Waals surface area contributed by atoms with Gasteiger partial charge in [0, 0.05) is 6.07 Å². The third-order valence-electron chi connectivity index (χ3n) is 5.54. The lowest BCUT2D eigenvalue weighted by Crippen LogP contribution is -2.46. The van der Waals surface area contributed by atoms with Crippen molar-refractivity contribution < 1.29 is 23.2 Å². The lowest BCUT2D eigenvalue weighted by atomic mass is 9.99. The molecule has 2 atom stereocenters. The quantitative estimate of drug-likeness (QED) is 0.686. The summed E-state index contributed by atoms with van der Waals surface area (Å²) in [6, 6.07) is 10.0. The molecule has 31 heavy (non-hydrogen) atoms. The van der Waals surface area contributed by atoms with E-state index in [1.54, 1.807) is 13.0 Å². The van der Waals surface area contributed by atoms with Crippen LogP contribution in [0.25, 0.3) is 0 Å². The van der Waals surface area contributed by atoms with Gasteiger partial charge in [-0.1, -0.05) is 11.2 Å². The van der Waals surface area contributed by atoms with Gasteiger partial charge < -0.3 is 24.2 Å². The van der Waals surface area contributed by atoms with E-state index in [2.05, 4.69) is 27.3 Å². The Kier molecular flexibility index (Phi) is 4.72. The van der Waals surface area contributed by atoms with E-state index >= 15 is 0 Å². The molecule has 0 fully saturated rings. The minimum Gasteiger partial charge on any atom is -0.489 e. The molecule has 1 amide bonds. The number of benzene rings is 2. The highest BCUT2D eigenvalue weighted by atomic mass is 19.1. The molecule has 8 nitrogen and oxygen atoms in total. The van der Waals surface area contributed by atoms with Crippen molar-refractivity contribution in [3.8, 4) is 11.5 Å². The third kappa shape index (κ3) is 3.67. The molecule has 1 N–H and O–H groups in total. The number of hydrogen-bond acceptors (Lipinski definition) is 7. The Morgan fingerprint density at radius 1 is 1.23 bits per heavy atom. The molecule has 9 heteroatoms. The first-order valence-corrected chi connectivity index (χ1v) is 10.0. The summed E-state index contributed by atoms with van der Waals surface area (Å²) in [7, 11) is 0. The second-order valence-electron chi connectivity index (χ2n) is 7.69. The fourth-order valence-electron chi connectivity index (χ4n) is 4.11.